The maximum Gasteiger partial charge on any atom is 0.146 e. The van der Waals surface area contributed by atoms with Gasteiger partial charge < -0.3 is 10.6 Å². The van der Waals surface area contributed by atoms with Crippen LogP contribution in [0.2, 0.25) is 0 Å². The molecule has 2 N–H and O–H groups in total. The molecule has 1 unspecified atom stereocenters. The standard InChI is InChI=1S/C16H26FN3/c1-14(18)6-4-5-9-19-10-12-20(13-11-19)16-8-3-2-7-15(16)17/h2-3,7-8,14H,4-6,9-13,18H2,1H3. The Morgan fingerprint density at radius 3 is 2.50 bits per heavy atom. The third kappa shape index (κ3) is 4.46. The average molecular weight is 279 g/mol. The molecular weight excluding hydrogens is 253 g/mol. The van der Waals surface area contributed by atoms with Crippen LogP contribution < -0.4 is 10.6 Å². The van der Waals surface area contributed by atoms with Gasteiger partial charge >= 0.3 is 0 Å². The molecule has 1 aromatic carbocycles. The highest BCUT2D eigenvalue weighted by atomic mass is 19.1. The number of halogens is 1. The molecule has 0 bridgehead atoms. The summed E-state index contributed by atoms with van der Waals surface area (Å²) in [6.07, 6.45) is 3.52. The molecule has 4 heteroatoms. The maximum absolute atomic E-state index is 13.7. The Hall–Kier alpha value is -1.13. The molecule has 112 valence electrons. The van der Waals surface area contributed by atoms with Crippen LogP contribution in [-0.2, 0) is 0 Å². The lowest BCUT2D eigenvalue weighted by Gasteiger charge is -2.36. The van der Waals surface area contributed by atoms with Gasteiger partial charge in [0.15, 0.2) is 0 Å². The molecule has 0 radical (unpaired) electrons. The van der Waals surface area contributed by atoms with Gasteiger partial charge in [0.2, 0.25) is 0 Å². The normalized spacial score (nSPS) is 18.2. The molecule has 1 atom stereocenters. The highest BCUT2D eigenvalue weighted by Gasteiger charge is 2.18. The number of piperazine rings is 1. The lowest BCUT2D eigenvalue weighted by Crippen LogP contribution is -2.46. The number of rotatable bonds is 6. The van der Waals surface area contributed by atoms with Crippen molar-refractivity contribution in [3.63, 3.8) is 0 Å². The number of hydrogen-bond donors (Lipinski definition) is 1. The van der Waals surface area contributed by atoms with Crippen molar-refractivity contribution in [3.05, 3.63) is 30.1 Å². The highest BCUT2D eigenvalue weighted by Crippen LogP contribution is 2.20. The number of hydrogen-bond acceptors (Lipinski definition) is 3. The fourth-order valence-corrected chi connectivity index (χ4v) is 2.72. The van der Waals surface area contributed by atoms with E-state index in [0.29, 0.717) is 6.04 Å². The predicted octanol–water partition coefficient (Wildman–Crippen LogP) is 2.47. The van der Waals surface area contributed by atoms with Gasteiger partial charge in [-0.1, -0.05) is 18.6 Å². The summed E-state index contributed by atoms with van der Waals surface area (Å²) in [4.78, 5) is 4.62. The summed E-state index contributed by atoms with van der Waals surface area (Å²) in [5.74, 6) is -0.113. The van der Waals surface area contributed by atoms with E-state index in [-0.39, 0.29) is 5.82 Å². The van der Waals surface area contributed by atoms with Gasteiger partial charge in [0.05, 0.1) is 5.69 Å². The lowest BCUT2D eigenvalue weighted by molar-refractivity contribution is 0.251. The smallest absolute Gasteiger partial charge is 0.146 e. The van der Waals surface area contributed by atoms with Crippen LogP contribution in [0.15, 0.2) is 24.3 Å². The predicted molar refractivity (Wildman–Crippen MR) is 82.6 cm³/mol. The van der Waals surface area contributed by atoms with Crippen LogP contribution in [0.5, 0.6) is 0 Å². The molecular formula is C16H26FN3. The number of benzene rings is 1. The van der Waals surface area contributed by atoms with Crippen LogP contribution in [0.25, 0.3) is 0 Å². The van der Waals surface area contributed by atoms with E-state index in [9.17, 15) is 4.39 Å². The van der Waals surface area contributed by atoms with E-state index in [2.05, 4.69) is 16.7 Å². The Morgan fingerprint density at radius 2 is 1.85 bits per heavy atom. The van der Waals surface area contributed by atoms with Gasteiger partial charge in [-0.05, 0) is 38.4 Å². The Bertz CT molecular complexity index is 400. The van der Waals surface area contributed by atoms with Crippen LogP contribution in [0.4, 0.5) is 10.1 Å². The molecule has 1 heterocycles. The quantitative estimate of drug-likeness (QED) is 0.812. The molecule has 1 fully saturated rings. The minimum absolute atomic E-state index is 0.113. The van der Waals surface area contributed by atoms with Crippen molar-refractivity contribution >= 4 is 5.69 Å². The van der Waals surface area contributed by atoms with E-state index in [4.69, 9.17) is 5.73 Å². The Kier molecular flexibility index (Phi) is 5.80. The van der Waals surface area contributed by atoms with Gasteiger partial charge in [-0.15, -0.1) is 0 Å². The van der Waals surface area contributed by atoms with Gasteiger partial charge in [0, 0.05) is 32.2 Å². The average Bonchev–Trinajstić information content (AvgIpc) is 2.45. The van der Waals surface area contributed by atoms with Crippen LogP contribution in [0.3, 0.4) is 0 Å². The molecule has 1 aromatic rings. The molecule has 2 rings (SSSR count). The third-order valence-electron chi connectivity index (χ3n) is 3.95. The molecule has 1 aliphatic rings. The van der Waals surface area contributed by atoms with Gasteiger partial charge in [-0.2, -0.15) is 0 Å². The van der Waals surface area contributed by atoms with Crippen LogP contribution in [-0.4, -0.2) is 43.7 Å². The second-order valence-electron chi connectivity index (χ2n) is 5.75. The summed E-state index contributed by atoms with van der Waals surface area (Å²) < 4.78 is 13.7. The molecule has 20 heavy (non-hydrogen) atoms. The monoisotopic (exact) mass is 279 g/mol. The molecule has 0 aromatic heterocycles. The minimum Gasteiger partial charge on any atom is -0.367 e. The molecule has 0 saturated carbocycles. The van der Waals surface area contributed by atoms with Crippen molar-refractivity contribution in [2.45, 2.75) is 32.2 Å². The number of unbranched alkanes of at least 4 members (excludes halogenated alkanes) is 1. The third-order valence-corrected chi connectivity index (χ3v) is 3.95. The van der Waals surface area contributed by atoms with Gasteiger partial charge in [-0.3, -0.25) is 4.90 Å². The number of para-hydroxylation sites is 1. The molecule has 0 amide bonds. The fourth-order valence-electron chi connectivity index (χ4n) is 2.72. The van der Waals surface area contributed by atoms with E-state index < -0.39 is 0 Å². The summed E-state index contributed by atoms with van der Waals surface area (Å²) >= 11 is 0. The first kappa shape index (κ1) is 15.3. The largest absolute Gasteiger partial charge is 0.367 e. The highest BCUT2D eigenvalue weighted by molar-refractivity contribution is 5.47. The second kappa shape index (κ2) is 7.60. The first-order chi connectivity index (χ1) is 9.66. The van der Waals surface area contributed by atoms with E-state index >= 15 is 0 Å². The first-order valence-electron chi connectivity index (χ1n) is 7.64. The Labute approximate surface area is 121 Å². The zero-order chi connectivity index (χ0) is 14.4. The fraction of sp³-hybridized carbons (Fsp3) is 0.625. The lowest BCUT2D eigenvalue weighted by atomic mass is 10.1. The summed E-state index contributed by atoms with van der Waals surface area (Å²) in [6, 6.07) is 7.36. The minimum atomic E-state index is -0.113. The van der Waals surface area contributed by atoms with Crippen LogP contribution in [0, 0.1) is 5.82 Å². The van der Waals surface area contributed by atoms with Crippen LogP contribution >= 0.6 is 0 Å². The van der Waals surface area contributed by atoms with E-state index in [0.717, 1.165) is 44.8 Å². The van der Waals surface area contributed by atoms with Gasteiger partial charge in [0.1, 0.15) is 5.82 Å². The molecule has 0 aliphatic carbocycles. The van der Waals surface area contributed by atoms with E-state index in [1.54, 1.807) is 6.07 Å². The van der Waals surface area contributed by atoms with Crippen molar-refractivity contribution in [2.24, 2.45) is 5.73 Å². The molecule has 0 spiro atoms. The summed E-state index contributed by atoms with van der Waals surface area (Å²) in [6.45, 7) is 7.06. The zero-order valence-electron chi connectivity index (χ0n) is 12.4. The maximum atomic E-state index is 13.7. The topological polar surface area (TPSA) is 32.5 Å². The summed E-state index contributed by atoms with van der Waals surface area (Å²) in [5, 5.41) is 0. The van der Waals surface area contributed by atoms with Crippen molar-refractivity contribution in [1.29, 1.82) is 0 Å². The SMILES string of the molecule is CC(N)CCCCN1CCN(c2ccccc2F)CC1. The van der Waals surface area contributed by atoms with Crippen molar-refractivity contribution in [1.82, 2.24) is 4.90 Å². The number of nitrogens with two attached hydrogens (primary N) is 1. The van der Waals surface area contributed by atoms with Crippen molar-refractivity contribution < 1.29 is 4.39 Å². The zero-order valence-corrected chi connectivity index (χ0v) is 12.4. The van der Waals surface area contributed by atoms with Crippen LogP contribution in [0.1, 0.15) is 26.2 Å². The molecule has 1 saturated heterocycles. The Balaban J connectivity index is 1.71. The second-order valence-corrected chi connectivity index (χ2v) is 5.75. The Morgan fingerprint density at radius 1 is 1.15 bits per heavy atom. The van der Waals surface area contributed by atoms with Gasteiger partial charge in [-0.25, -0.2) is 4.39 Å². The summed E-state index contributed by atoms with van der Waals surface area (Å²) in [5.41, 5.74) is 6.49. The first-order valence-corrected chi connectivity index (χ1v) is 7.64. The molecule has 3 nitrogen and oxygen atoms in total. The van der Waals surface area contributed by atoms with E-state index in [1.807, 2.05) is 12.1 Å². The van der Waals surface area contributed by atoms with Gasteiger partial charge in [0.25, 0.3) is 0 Å². The van der Waals surface area contributed by atoms with E-state index in [1.165, 1.54) is 18.9 Å². The summed E-state index contributed by atoms with van der Waals surface area (Å²) in [7, 11) is 0. The van der Waals surface area contributed by atoms with Crippen molar-refractivity contribution in [2.75, 3.05) is 37.6 Å². The number of nitrogens with zero attached hydrogens (tertiary/aromatic N) is 2. The van der Waals surface area contributed by atoms with Crippen molar-refractivity contribution in [3.8, 4) is 0 Å². The molecule has 1 aliphatic heterocycles. The number of anilines is 1.